The summed E-state index contributed by atoms with van der Waals surface area (Å²) < 4.78 is 6.87. The van der Waals surface area contributed by atoms with Gasteiger partial charge >= 0.3 is 0 Å². The zero-order chi connectivity index (χ0) is 13.1. The number of carboxylic acids is 1. The van der Waals surface area contributed by atoms with Crippen LogP contribution in [0.1, 0.15) is 16.1 Å². The van der Waals surface area contributed by atoms with E-state index in [1.165, 1.54) is 16.9 Å². The van der Waals surface area contributed by atoms with E-state index >= 15 is 0 Å². The van der Waals surface area contributed by atoms with Crippen molar-refractivity contribution in [3.05, 3.63) is 46.7 Å². The fourth-order valence-electron chi connectivity index (χ4n) is 1.45. The van der Waals surface area contributed by atoms with Crippen LogP contribution in [0.15, 0.2) is 30.5 Å². The van der Waals surface area contributed by atoms with Crippen LogP contribution in [0.4, 0.5) is 0 Å². The lowest BCUT2D eigenvalue weighted by molar-refractivity contribution is -0.255. The number of rotatable bonds is 4. The van der Waals surface area contributed by atoms with Gasteiger partial charge in [0.25, 0.3) is 0 Å². The van der Waals surface area contributed by atoms with Crippen LogP contribution in [0.5, 0.6) is 5.75 Å². The van der Waals surface area contributed by atoms with Gasteiger partial charge in [-0.15, -0.1) is 0 Å². The summed E-state index contributed by atoms with van der Waals surface area (Å²) in [6.45, 7) is 1.99. The van der Waals surface area contributed by atoms with Gasteiger partial charge in [0, 0.05) is 11.2 Å². The Morgan fingerprint density at radius 1 is 1.50 bits per heavy atom. The third-order valence-corrected chi connectivity index (χ3v) is 2.57. The molecule has 18 heavy (non-hydrogen) atoms. The fourth-order valence-corrected chi connectivity index (χ4v) is 1.68. The molecule has 1 aromatic heterocycles. The van der Waals surface area contributed by atoms with Gasteiger partial charge in [-0.25, -0.2) is 4.68 Å². The molecule has 0 fully saturated rings. The van der Waals surface area contributed by atoms with E-state index in [4.69, 9.17) is 16.3 Å². The first kappa shape index (κ1) is 12.4. The Hall–Kier alpha value is -2.01. The first-order valence-corrected chi connectivity index (χ1v) is 5.58. The number of carbonyl (C=O) groups excluding carboxylic acids is 1. The summed E-state index contributed by atoms with van der Waals surface area (Å²) in [6.07, 6.45) is 1.51. The van der Waals surface area contributed by atoms with Gasteiger partial charge in [0.2, 0.25) is 0 Å². The van der Waals surface area contributed by atoms with E-state index in [9.17, 15) is 9.90 Å². The molecule has 0 saturated heterocycles. The van der Waals surface area contributed by atoms with Crippen molar-refractivity contribution in [2.24, 2.45) is 0 Å². The van der Waals surface area contributed by atoms with Gasteiger partial charge in [-0.1, -0.05) is 11.6 Å². The van der Waals surface area contributed by atoms with Crippen LogP contribution in [0.2, 0.25) is 5.02 Å². The number of hydrogen-bond acceptors (Lipinski definition) is 4. The second kappa shape index (κ2) is 5.10. The Kier molecular flexibility index (Phi) is 3.53. The molecule has 6 heteroatoms. The van der Waals surface area contributed by atoms with Crippen molar-refractivity contribution >= 4 is 17.6 Å². The highest BCUT2D eigenvalue weighted by Crippen LogP contribution is 2.21. The van der Waals surface area contributed by atoms with Gasteiger partial charge in [-0.2, -0.15) is 5.10 Å². The normalized spacial score (nSPS) is 10.3. The average Bonchev–Trinajstić information content (AvgIpc) is 2.76. The number of aryl methyl sites for hydroxylation is 1. The van der Waals surface area contributed by atoms with Crippen molar-refractivity contribution in [1.82, 2.24) is 9.78 Å². The van der Waals surface area contributed by atoms with E-state index in [1.807, 2.05) is 6.92 Å². The Balaban J connectivity index is 2.04. The summed E-state index contributed by atoms with van der Waals surface area (Å²) in [5.41, 5.74) is 0.779. The third-order valence-electron chi connectivity index (χ3n) is 2.34. The van der Waals surface area contributed by atoms with E-state index in [-0.39, 0.29) is 12.4 Å². The maximum absolute atomic E-state index is 10.5. The van der Waals surface area contributed by atoms with Gasteiger partial charge in [0.05, 0.1) is 5.97 Å². The number of carbonyl (C=O) groups is 1. The number of benzene rings is 1. The summed E-state index contributed by atoms with van der Waals surface area (Å²) in [6, 6.07) is 6.61. The summed E-state index contributed by atoms with van der Waals surface area (Å²) in [5, 5.41) is 15.0. The Morgan fingerprint density at radius 2 is 2.28 bits per heavy atom. The molecule has 0 bridgehead atoms. The molecule has 0 aliphatic rings. The summed E-state index contributed by atoms with van der Waals surface area (Å²) in [4.78, 5) is 10.5. The number of hydrogen-bond donors (Lipinski definition) is 0. The molecule has 0 aliphatic heterocycles. The topological polar surface area (TPSA) is 67.2 Å². The number of nitrogens with zero attached hydrogens (tertiary/aromatic N) is 2. The number of carboxylic acid groups (broad SMARTS) is 1. The van der Waals surface area contributed by atoms with Crippen molar-refractivity contribution in [2.75, 3.05) is 0 Å². The molecule has 0 amide bonds. The van der Waals surface area contributed by atoms with Crippen molar-refractivity contribution in [3.8, 4) is 5.75 Å². The highest BCUT2D eigenvalue weighted by molar-refractivity contribution is 6.30. The molecule has 94 valence electrons. The largest absolute Gasteiger partial charge is 0.543 e. The first-order chi connectivity index (χ1) is 8.56. The van der Waals surface area contributed by atoms with E-state index in [0.717, 1.165) is 5.56 Å². The predicted octanol–water partition coefficient (Wildman–Crippen LogP) is 1.24. The molecule has 5 nitrogen and oxygen atoms in total. The molecular weight excluding hydrogens is 256 g/mol. The minimum atomic E-state index is -1.31. The van der Waals surface area contributed by atoms with Gasteiger partial charge in [-0.05, 0) is 36.8 Å². The molecule has 2 aromatic rings. The Morgan fingerprint density at radius 3 is 2.89 bits per heavy atom. The SMILES string of the molecule is Cc1cc(Cl)ccc1OCn1ccc(C(=O)[O-])n1. The molecule has 0 aliphatic carbocycles. The minimum Gasteiger partial charge on any atom is -0.543 e. The lowest BCUT2D eigenvalue weighted by atomic mass is 10.2. The second-order valence-electron chi connectivity index (χ2n) is 3.71. The summed E-state index contributed by atoms with van der Waals surface area (Å²) in [5.74, 6) is -0.638. The van der Waals surface area contributed by atoms with Gasteiger partial charge < -0.3 is 14.6 Å². The number of aromatic carboxylic acids is 1. The average molecular weight is 266 g/mol. The Labute approximate surface area is 109 Å². The quantitative estimate of drug-likeness (QED) is 0.834. The molecule has 0 saturated carbocycles. The molecule has 1 heterocycles. The smallest absolute Gasteiger partial charge is 0.180 e. The van der Waals surface area contributed by atoms with Crippen LogP contribution in [-0.4, -0.2) is 15.7 Å². The number of ether oxygens (including phenoxy) is 1. The fraction of sp³-hybridized carbons (Fsp3) is 0.167. The van der Waals surface area contributed by atoms with Gasteiger partial charge in [0.15, 0.2) is 6.73 Å². The van der Waals surface area contributed by atoms with E-state index < -0.39 is 5.97 Å². The number of halogens is 1. The highest BCUT2D eigenvalue weighted by Gasteiger charge is 2.02. The van der Waals surface area contributed by atoms with Crippen LogP contribution in [0.3, 0.4) is 0 Å². The monoisotopic (exact) mass is 265 g/mol. The molecule has 2 rings (SSSR count). The van der Waals surface area contributed by atoms with Gasteiger partial charge in [0.1, 0.15) is 11.4 Å². The molecule has 0 N–H and O–H groups in total. The molecule has 0 atom stereocenters. The molecule has 0 radical (unpaired) electrons. The van der Waals surface area contributed by atoms with Crippen molar-refractivity contribution < 1.29 is 14.6 Å². The first-order valence-electron chi connectivity index (χ1n) is 5.20. The summed E-state index contributed by atoms with van der Waals surface area (Å²) in [7, 11) is 0. The minimum absolute atomic E-state index is 0.119. The standard InChI is InChI=1S/C12H11ClN2O3/c1-8-6-9(13)2-3-11(8)18-7-15-5-4-10(14-15)12(16)17/h2-6H,7H2,1H3,(H,16,17)/p-1. The highest BCUT2D eigenvalue weighted by atomic mass is 35.5. The zero-order valence-corrected chi connectivity index (χ0v) is 10.3. The van der Waals surface area contributed by atoms with Crippen molar-refractivity contribution in [1.29, 1.82) is 0 Å². The van der Waals surface area contributed by atoms with Crippen LogP contribution >= 0.6 is 11.6 Å². The molecule has 1 aromatic carbocycles. The third kappa shape index (κ3) is 2.81. The maximum Gasteiger partial charge on any atom is 0.180 e. The van der Waals surface area contributed by atoms with E-state index in [2.05, 4.69) is 5.10 Å². The molecule has 0 unspecified atom stereocenters. The van der Waals surface area contributed by atoms with Crippen LogP contribution < -0.4 is 9.84 Å². The second-order valence-corrected chi connectivity index (χ2v) is 4.15. The predicted molar refractivity (Wildman–Crippen MR) is 63.4 cm³/mol. The lowest BCUT2D eigenvalue weighted by Gasteiger charge is -2.09. The zero-order valence-electron chi connectivity index (χ0n) is 9.59. The van der Waals surface area contributed by atoms with Crippen molar-refractivity contribution in [2.45, 2.75) is 13.7 Å². The van der Waals surface area contributed by atoms with Crippen LogP contribution in [-0.2, 0) is 6.73 Å². The van der Waals surface area contributed by atoms with E-state index in [0.29, 0.717) is 10.8 Å². The van der Waals surface area contributed by atoms with Gasteiger partial charge in [-0.3, -0.25) is 0 Å². The molecule has 0 spiro atoms. The van der Waals surface area contributed by atoms with E-state index in [1.54, 1.807) is 18.2 Å². The lowest BCUT2D eigenvalue weighted by Crippen LogP contribution is -2.23. The van der Waals surface area contributed by atoms with Crippen LogP contribution in [0, 0.1) is 6.92 Å². The maximum atomic E-state index is 10.5. The number of aromatic nitrogens is 2. The van der Waals surface area contributed by atoms with Crippen LogP contribution in [0.25, 0.3) is 0 Å². The molecular formula is C12H10ClN2O3-. The summed E-state index contributed by atoms with van der Waals surface area (Å²) >= 11 is 5.83. The van der Waals surface area contributed by atoms with Crippen molar-refractivity contribution in [3.63, 3.8) is 0 Å². The Bertz CT molecular complexity index is 580.